The molecule has 0 saturated carbocycles. The predicted octanol–water partition coefficient (Wildman–Crippen LogP) is 1.86. The van der Waals surface area contributed by atoms with Gasteiger partial charge in [-0.1, -0.05) is 29.8 Å². The van der Waals surface area contributed by atoms with Crippen LogP contribution in [0.25, 0.3) is 0 Å². The van der Waals surface area contributed by atoms with Crippen LogP contribution in [-0.4, -0.2) is 54.3 Å². The highest BCUT2D eigenvalue weighted by molar-refractivity contribution is 6.31. The van der Waals surface area contributed by atoms with Crippen molar-refractivity contribution in [1.82, 2.24) is 15.1 Å². The number of amides is 2. The smallest absolute Gasteiger partial charge is 0.242 e. The van der Waals surface area contributed by atoms with E-state index in [9.17, 15) is 9.59 Å². The molecular weight excluding hydrogens is 337 g/mol. The lowest BCUT2D eigenvalue weighted by molar-refractivity contribution is -0.141. The normalized spacial score (nSPS) is 21.3. The highest BCUT2D eigenvalue weighted by Gasteiger charge is 2.32. The number of piperazine rings is 1. The number of hydrogen-bond acceptors (Lipinski definition) is 3. The third-order valence-electron chi connectivity index (χ3n) is 4.35. The molecule has 2 aliphatic rings. The number of rotatable bonds is 3. The molecule has 0 aromatic heterocycles. The maximum atomic E-state index is 12.6. The van der Waals surface area contributed by atoms with Gasteiger partial charge < -0.3 is 15.1 Å². The molecule has 23 heavy (non-hydrogen) atoms. The van der Waals surface area contributed by atoms with Crippen LogP contribution in [0, 0.1) is 0 Å². The highest BCUT2D eigenvalue weighted by atomic mass is 35.5. The second-order valence-corrected chi connectivity index (χ2v) is 6.17. The minimum absolute atomic E-state index is 0. The Kier molecular flexibility index (Phi) is 6.27. The van der Waals surface area contributed by atoms with Crippen LogP contribution in [0.4, 0.5) is 0 Å². The fraction of sp³-hybridized carbons (Fsp3) is 0.500. The van der Waals surface area contributed by atoms with E-state index in [-0.39, 0.29) is 36.8 Å². The lowest BCUT2D eigenvalue weighted by atomic mass is 10.0. The Bertz CT molecular complexity index is 582. The van der Waals surface area contributed by atoms with Crippen molar-refractivity contribution in [2.75, 3.05) is 32.7 Å². The second-order valence-electron chi connectivity index (χ2n) is 5.76. The predicted molar refractivity (Wildman–Crippen MR) is 91.8 cm³/mol. The first-order valence-corrected chi connectivity index (χ1v) is 8.07. The first-order chi connectivity index (χ1) is 10.7. The minimum Gasteiger partial charge on any atom is -0.334 e. The molecule has 7 heteroatoms. The second kappa shape index (κ2) is 7.99. The zero-order valence-electron chi connectivity index (χ0n) is 12.8. The zero-order chi connectivity index (χ0) is 15.5. The van der Waals surface area contributed by atoms with E-state index < -0.39 is 0 Å². The largest absolute Gasteiger partial charge is 0.334 e. The molecule has 2 heterocycles. The molecule has 2 saturated heterocycles. The number of likely N-dealkylation sites (tertiary alicyclic amines) is 1. The molecule has 1 atom stereocenters. The molecular formula is C16H21Cl2N3O2. The van der Waals surface area contributed by atoms with Crippen LogP contribution in [0.2, 0.25) is 5.02 Å². The topological polar surface area (TPSA) is 52.7 Å². The molecule has 0 radical (unpaired) electrons. The van der Waals surface area contributed by atoms with Crippen LogP contribution in [-0.2, 0) is 9.59 Å². The van der Waals surface area contributed by atoms with Crippen LogP contribution in [0.3, 0.4) is 0 Å². The van der Waals surface area contributed by atoms with Crippen molar-refractivity contribution in [3.63, 3.8) is 0 Å². The average Bonchev–Trinajstić information content (AvgIpc) is 2.99. The first kappa shape index (κ1) is 18.0. The first-order valence-electron chi connectivity index (χ1n) is 7.69. The van der Waals surface area contributed by atoms with Gasteiger partial charge in [-0.15, -0.1) is 12.4 Å². The fourth-order valence-corrected chi connectivity index (χ4v) is 3.46. The maximum Gasteiger partial charge on any atom is 0.242 e. The Hall–Kier alpha value is -1.30. The summed E-state index contributed by atoms with van der Waals surface area (Å²) in [5.41, 5.74) is 1.00. The molecule has 2 fully saturated rings. The minimum atomic E-state index is -0.00640. The van der Waals surface area contributed by atoms with Gasteiger partial charge in [-0.25, -0.2) is 0 Å². The van der Waals surface area contributed by atoms with Gasteiger partial charge in [-0.05, 0) is 24.5 Å². The van der Waals surface area contributed by atoms with E-state index in [2.05, 4.69) is 5.32 Å². The summed E-state index contributed by atoms with van der Waals surface area (Å²) in [6, 6.07) is 7.71. The van der Waals surface area contributed by atoms with Crippen LogP contribution < -0.4 is 5.32 Å². The number of carbonyl (C=O) groups is 2. The van der Waals surface area contributed by atoms with Gasteiger partial charge in [0.2, 0.25) is 11.8 Å². The standard InChI is InChI=1S/C16H20ClN3O2.ClH/c17-13-5-2-1-4-12(13)14-6-3-8-20(14)16(22)11-19-9-7-18-10-15(19)21;/h1-2,4-5,14,18H,3,6-11H2;1H. The van der Waals surface area contributed by atoms with Gasteiger partial charge in [0.1, 0.15) is 0 Å². The van der Waals surface area contributed by atoms with Crippen molar-refractivity contribution in [3.8, 4) is 0 Å². The summed E-state index contributed by atoms with van der Waals surface area (Å²) in [5, 5.41) is 3.72. The Morgan fingerprint density at radius 1 is 1.30 bits per heavy atom. The molecule has 5 nitrogen and oxygen atoms in total. The fourth-order valence-electron chi connectivity index (χ4n) is 3.20. The van der Waals surface area contributed by atoms with Crippen LogP contribution in [0.15, 0.2) is 24.3 Å². The van der Waals surface area contributed by atoms with Crippen LogP contribution >= 0.6 is 24.0 Å². The van der Waals surface area contributed by atoms with Crippen molar-refractivity contribution >= 4 is 35.8 Å². The van der Waals surface area contributed by atoms with Gasteiger partial charge in [-0.2, -0.15) is 0 Å². The molecule has 1 unspecified atom stereocenters. The molecule has 2 amide bonds. The summed E-state index contributed by atoms with van der Waals surface area (Å²) in [4.78, 5) is 28.0. The van der Waals surface area contributed by atoms with Crippen molar-refractivity contribution < 1.29 is 9.59 Å². The quantitative estimate of drug-likeness (QED) is 0.898. The Balaban J connectivity index is 0.00000192. The Labute approximate surface area is 147 Å². The van der Waals surface area contributed by atoms with Gasteiger partial charge in [0, 0.05) is 24.7 Å². The molecule has 1 aromatic rings. The number of benzene rings is 1. The summed E-state index contributed by atoms with van der Waals surface area (Å²) in [6.45, 7) is 2.56. The summed E-state index contributed by atoms with van der Waals surface area (Å²) >= 11 is 6.28. The lowest BCUT2D eigenvalue weighted by Gasteiger charge is -2.31. The lowest BCUT2D eigenvalue weighted by Crippen LogP contribution is -2.51. The van der Waals surface area contributed by atoms with E-state index in [0.717, 1.165) is 31.5 Å². The van der Waals surface area contributed by atoms with Crippen molar-refractivity contribution in [2.24, 2.45) is 0 Å². The number of carbonyl (C=O) groups excluding carboxylic acids is 2. The number of hydrogen-bond donors (Lipinski definition) is 1. The van der Waals surface area contributed by atoms with E-state index >= 15 is 0 Å². The summed E-state index contributed by atoms with van der Waals surface area (Å²) in [6.07, 6.45) is 1.89. The van der Waals surface area contributed by atoms with E-state index in [1.807, 2.05) is 29.2 Å². The molecule has 126 valence electrons. The Morgan fingerprint density at radius 3 is 2.83 bits per heavy atom. The number of nitrogens with one attached hydrogen (secondary N) is 1. The summed E-state index contributed by atoms with van der Waals surface area (Å²) < 4.78 is 0. The zero-order valence-corrected chi connectivity index (χ0v) is 14.4. The molecule has 0 bridgehead atoms. The van der Waals surface area contributed by atoms with Gasteiger partial charge >= 0.3 is 0 Å². The van der Waals surface area contributed by atoms with Gasteiger partial charge in [0.05, 0.1) is 19.1 Å². The number of halogens is 2. The van der Waals surface area contributed by atoms with E-state index in [0.29, 0.717) is 18.1 Å². The van der Waals surface area contributed by atoms with Crippen molar-refractivity contribution in [3.05, 3.63) is 34.9 Å². The highest BCUT2D eigenvalue weighted by Crippen LogP contribution is 2.35. The molecule has 0 spiro atoms. The summed E-state index contributed by atoms with van der Waals surface area (Å²) in [7, 11) is 0. The Morgan fingerprint density at radius 2 is 2.09 bits per heavy atom. The molecule has 2 aliphatic heterocycles. The monoisotopic (exact) mass is 357 g/mol. The van der Waals surface area contributed by atoms with Crippen molar-refractivity contribution in [2.45, 2.75) is 18.9 Å². The van der Waals surface area contributed by atoms with Gasteiger partial charge in [0.15, 0.2) is 0 Å². The van der Waals surface area contributed by atoms with Crippen molar-refractivity contribution in [1.29, 1.82) is 0 Å². The molecule has 3 rings (SSSR count). The van der Waals surface area contributed by atoms with E-state index in [4.69, 9.17) is 11.6 Å². The third kappa shape index (κ3) is 3.97. The SMILES string of the molecule is Cl.O=C1CNCCN1CC(=O)N1CCCC1c1ccccc1Cl. The van der Waals surface area contributed by atoms with E-state index in [1.54, 1.807) is 4.90 Å². The molecule has 1 aromatic carbocycles. The third-order valence-corrected chi connectivity index (χ3v) is 4.70. The van der Waals surface area contributed by atoms with Gasteiger partial charge in [0.25, 0.3) is 0 Å². The number of nitrogens with zero attached hydrogens (tertiary/aromatic N) is 2. The van der Waals surface area contributed by atoms with E-state index in [1.165, 1.54) is 0 Å². The van der Waals surface area contributed by atoms with Crippen LogP contribution in [0.5, 0.6) is 0 Å². The molecule has 1 N–H and O–H groups in total. The van der Waals surface area contributed by atoms with Crippen LogP contribution in [0.1, 0.15) is 24.4 Å². The molecule has 0 aliphatic carbocycles. The average molecular weight is 358 g/mol. The maximum absolute atomic E-state index is 12.6. The summed E-state index contributed by atoms with van der Waals surface area (Å²) in [5.74, 6) is 0.00533. The van der Waals surface area contributed by atoms with Gasteiger partial charge in [-0.3, -0.25) is 9.59 Å².